The summed E-state index contributed by atoms with van der Waals surface area (Å²) in [6, 6.07) is 7.50. The molecule has 1 aliphatic heterocycles. The Bertz CT molecular complexity index is 1320. The first-order valence-electron chi connectivity index (χ1n) is 9.33. The molecule has 0 radical (unpaired) electrons. The lowest BCUT2D eigenvalue weighted by Crippen LogP contribution is -2.39. The van der Waals surface area contributed by atoms with Gasteiger partial charge in [-0.15, -0.1) is 0 Å². The van der Waals surface area contributed by atoms with E-state index in [1.165, 1.54) is 38.5 Å². The Labute approximate surface area is 177 Å². The minimum absolute atomic E-state index is 0.158. The number of nitrogens with one attached hydrogen (secondary N) is 1. The highest BCUT2D eigenvalue weighted by Crippen LogP contribution is 2.35. The number of pyridine rings is 1. The first-order chi connectivity index (χ1) is 14.7. The lowest BCUT2D eigenvalue weighted by Gasteiger charge is -2.24. The van der Waals surface area contributed by atoms with Gasteiger partial charge < -0.3 is 4.90 Å². The molecule has 0 bridgehead atoms. The van der Waals surface area contributed by atoms with E-state index in [0.29, 0.717) is 24.2 Å². The number of fused-ring (bicyclic) bond motifs is 1. The van der Waals surface area contributed by atoms with Crippen LogP contribution in [-0.4, -0.2) is 48.9 Å². The zero-order valence-electron chi connectivity index (χ0n) is 16.7. The summed E-state index contributed by atoms with van der Waals surface area (Å²) in [5, 5.41) is 3.96. The Hall–Kier alpha value is -3.31. The molecule has 3 heterocycles. The molecule has 0 aliphatic carbocycles. The highest BCUT2D eigenvalue weighted by Gasteiger charge is 2.27. The molecule has 162 valence electrons. The minimum atomic E-state index is -4.06. The number of hydrogen-bond donors (Lipinski definition) is 1. The molecule has 2 aromatic heterocycles. The molecule has 31 heavy (non-hydrogen) atoms. The van der Waals surface area contributed by atoms with E-state index < -0.39 is 27.8 Å². The van der Waals surface area contributed by atoms with Gasteiger partial charge in [-0.3, -0.25) is 4.79 Å². The molecule has 1 amide bonds. The van der Waals surface area contributed by atoms with Crippen LogP contribution in [0.5, 0.6) is 0 Å². The van der Waals surface area contributed by atoms with Crippen molar-refractivity contribution in [1.82, 2.24) is 18.6 Å². The van der Waals surface area contributed by atoms with Crippen LogP contribution in [0, 0.1) is 11.6 Å². The van der Waals surface area contributed by atoms with E-state index >= 15 is 4.39 Å². The van der Waals surface area contributed by atoms with Crippen molar-refractivity contribution in [2.45, 2.75) is 6.42 Å². The second kappa shape index (κ2) is 7.75. The average Bonchev–Trinajstić information content (AvgIpc) is 3.35. The molecule has 1 N–H and O–H groups in total. The SMILES string of the molecule is CN(C)S(=O)(=O)NC(=O)c1cnn2ccc(N3CCC=C3c3cccc(F)c3)c(F)c12. The Morgan fingerprint density at radius 2 is 2.00 bits per heavy atom. The normalized spacial score (nSPS) is 14.4. The minimum Gasteiger partial charge on any atom is -0.338 e. The van der Waals surface area contributed by atoms with Gasteiger partial charge in [-0.05, 0) is 24.6 Å². The van der Waals surface area contributed by atoms with Gasteiger partial charge in [-0.2, -0.15) is 17.8 Å². The molecule has 0 saturated carbocycles. The Balaban J connectivity index is 1.76. The summed E-state index contributed by atoms with van der Waals surface area (Å²) >= 11 is 0. The molecule has 11 heteroatoms. The summed E-state index contributed by atoms with van der Waals surface area (Å²) in [6.07, 6.45) is 5.10. The van der Waals surface area contributed by atoms with Crippen molar-refractivity contribution in [3.63, 3.8) is 0 Å². The molecular weight excluding hydrogens is 428 g/mol. The summed E-state index contributed by atoms with van der Waals surface area (Å²) in [5.41, 5.74) is 1.03. The fourth-order valence-corrected chi connectivity index (χ4v) is 3.93. The highest BCUT2D eigenvalue weighted by atomic mass is 32.2. The van der Waals surface area contributed by atoms with Crippen molar-refractivity contribution < 1.29 is 22.0 Å². The van der Waals surface area contributed by atoms with E-state index in [1.807, 2.05) is 10.8 Å². The fraction of sp³-hybridized carbons (Fsp3) is 0.200. The van der Waals surface area contributed by atoms with Crippen LogP contribution in [0.2, 0.25) is 0 Å². The molecule has 0 unspecified atom stereocenters. The van der Waals surface area contributed by atoms with Gasteiger partial charge in [0.15, 0.2) is 5.82 Å². The standard InChI is InChI=1S/C20H19F2N5O3S/c1-25(2)31(29,30)24-20(28)15-12-23-27-10-8-17(18(22)19(15)27)26-9-4-7-16(26)13-5-3-6-14(21)11-13/h3,5-8,10-12H,4,9H2,1-2H3,(H,24,28). The lowest BCUT2D eigenvalue weighted by molar-refractivity contribution is 0.0981. The third kappa shape index (κ3) is 3.77. The smallest absolute Gasteiger partial charge is 0.303 e. The van der Waals surface area contributed by atoms with Crippen LogP contribution in [0.4, 0.5) is 14.5 Å². The van der Waals surface area contributed by atoms with Gasteiger partial charge in [0.1, 0.15) is 11.3 Å². The summed E-state index contributed by atoms with van der Waals surface area (Å²) < 4.78 is 57.1. The number of nitrogens with zero attached hydrogens (tertiary/aromatic N) is 4. The number of carbonyl (C=O) groups is 1. The van der Waals surface area contributed by atoms with E-state index in [0.717, 1.165) is 15.0 Å². The monoisotopic (exact) mass is 447 g/mol. The summed E-state index contributed by atoms with van der Waals surface area (Å²) in [5.74, 6) is -2.14. The Morgan fingerprint density at radius 3 is 2.71 bits per heavy atom. The van der Waals surface area contributed by atoms with E-state index in [2.05, 4.69) is 5.10 Å². The molecule has 1 aliphatic rings. The lowest BCUT2D eigenvalue weighted by atomic mass is 10.1. The molecule has 1 aromatic carbocycles. The zero-order valence-corrected chi connectivity index (χ0v) is 17.5. The van der Waals surface area contributed by atoms with Crippen molar-refractivity contribution in [2.24, 2.45) is 0 Å². The maximum absolute atomic E-state index is 15.6. The van der Waals surface area contributed by atoms with Crippen molar-refractivity contribution in [3.05, 3.63) is 71.6 Å². The van der Waals surface area contributed by atoms with E-state index in [4.69, 9.17) is 0 Å². The van der Waals surface area contributed by atoms with Crippen LogP contribution in [0.3, 0.4) is 0 Å². The van der Waals surface area contributed by atoms with Gasteiger partial charge in [-0.1, -0.05) is 18.2 Å². The Kier molecular flexibility index (Phi) is 5.23. The summed E-state index contributed by atoms with van der Waals surface area (Å²) in [7, 11) is -1.54. The molecule has 3 aromatic rings. The quantitative estimate of drug-likeness (QED) is 0.649. The number of anilines is 1. The molecule has 8 nitrogen and oxygen atoms in total. The molecule has 0 fully saturated rings. The van der Waals surface area contributed by atoms with E-state index in [-0.39, 0.29) is 16.8 Å². The molecule has 0 atom stereocenters. The third-order valence-corrected chi connectivity index (χ3v) is 6.35. The highest BCUT2D eigenvalue weighted by molar-refractivity contribution is 7.87. The number of aromatic nitrogens is 2. The molecular formula is C20H19F2N5O3S. The average molecular weight is 447 g/mol. The van der Waals surface area contributed by atoms with Gasteiger partial charge in [-0.25, -0.2) is 18.0 Å². The fourth-order valence-electron chi connectivity index (χ4n) is 3.40. The van der Waals surface area contributed by atoms with Crippen LogP contribution in [0.15, 0.2) is 48.8 Å². The first-order valence-corrected chi connectivity index (χ1v) is 10.8. The number of halogens is 2. The van der Waals surface area contributed by atoms with E-state index in [9.17, 15) is 17.6 Å². The number of hydrogen-bond acceptors (Lipinski definition) is 5. The van der Waals surface area contributed by atoms with Crippen molar-refractivity contribution in [1.29, 1.82) is 0 Å². The van der Waals surface area contributed by atoms with Crippen LogP contribution >= 0.6 is 0 Å². The Morgan fingerprint density at radius 1 is 1.23 bits per heavy atom. The summed E-state index contributed by atoms with van der Waals surface area (Å²) in [4.78, 5) is 14.2. The second-order valence-corrected chi connectivity index (χ2v) is 9.01. The number of rotatable bonds is 5. The molecule has 0 saturated heterocycles. The maximum Gasteiger partial charge on any atom is 0.303 e. The number of benzene rings is 1. The van der Waals surface area contributed by atoms with Crippen LogP contribution in [0.25, 0.3) is 11.2 Å². The first kappa shape index (κ1) is 20.9. The van der Waals surface area contributed by atoms with Gasteiger partial charge in [0.2, 0.25) is 0 Å². The largest absolute Gasteiger partial charge is 0.338 e. The topological polar surface area (TPSA) is 87.0 Å². The number of amides is 1. The third-order valence-electron chi connectivity index (χ3n) is 4.94. The van der Waals surface area contributed by atoms with Crippen molar-refractivity contribution >= 4 is 33.0 Å². The van der Waals surface area contributed by atoms with Crippen LogP contribution in [-0.2, 0) is 10.2 Å². The second-order valence-electron chi connectivity index (χ2n) is 7.13. The van der Waals surface area contributed by atoms with Crippen molar-refractivity contribution in [3.8, 4) is 0 Å². The predicted molar refractivity (Wildman–Crippen MR) is 112 cm³/mol. The van der Waals surface area contributed by atoms with Crippen LogP contribution < -0.4 is 9.62 Å². The van der Waals surface area contributed by atoms with Crippen molar-refractivity contribution in [2.75, 3.05) is 25.5 Å². The van der Waals surface area contributed by atoms with Crippen LogP contribution in [0.1, 0.15) is 22.3 Å². The predicted octanol–water partition coefficient (Wildman–Crippen LogP) is 2.40. The van der Waals surface area contributed by atoms with Gasteiger partial charge in [0.25, 0.3) is 5.91 Å². The molecule has 0 spiro atoms. The number of carbonyl (C=O) groups excluding carboxylic acids is 1. The van der Waals surface area contributed by atoms with Gasteiger partial charge in [0, 0.05) is 38.1 Å². The molecule has 4 rings (SSSR count). The van der Waals surface area contributed by atoms with Gasteiger partial charge >= 0.3 is 10.2 Å². The summed E-state index contributed by atoms with van der Waals surface area (Å²) in [6.45, 7) is 0.462. The van der Waals surface area contributed by atoms with E-state index in [1.54, 1.807) is 17.0 Å². The van der Waals surface area contributed by atoms with Gasteiger partial charge in [0.05, 0.1) is 17.4 Å². The zero-order chi connectivity index (χ0) is 22.3. The maximum atomic E-state index is 15.6.